The molecule has 2 rings (SSSR count). The third kappa shape index (κ3) is 4.10. The second kappa shape index (κ2) is 6.34. The molecule has 1 aliphatic rings. The monoisotopic (exact) mass is 313 g/mol. The molecule has 6 nitrogen and oxygen atoms in total. The van der Waals surface area contributed by atoms with Gasteiger partial charge in [0.25, 0.3) is 5.91 Å². The van der Waals surface area contributed by atoms with Crippen LogP contribution >= 0.6 is 0 Å². The second-order valence-corrected chi connectivity index (χ2v) is 7.31. The van der Waals surface area contributed by atoms with E-state index in [1.165, 1.54) is 14.2 Å². The average molecular weight is 313 g/mol. The first-order valence-corrected chi connectivity index (χ1v) is 8.47. The molecular weight excluding hydrogens is 294 g/mol. The van der Waals surface area contributed by atoms with Gasteiger partial charge in [-0.2, -0.15) is 0 Å². The molecule has 1 fully saturated rings. The van der Waals surface area contributed by atoms with Crippen molar-refractivity contribution in [3.05, 3.63) is 23.8 Å². The summed E-state index contributed by atoms with van der Waals surface area (Å²) in [4.78, 5) is 12.1. The number of hydrogen-bond acceptors (Lipinski definition) is 5. The fraction of sp³-hybridized carbons (Fsp3) is 0.500. The zero-order chi connectivity index (χ0) is 15.5. The number of sulfone groups is 1. The number of benzene rings is 1. The van der Waals surface area contributed by atoms with Crippen LogP contribution in [-0.4, -0.2) is 46.6 Å². The minimum Gasteiger partial charge on any atom is -0.497 e. The van der Waals surface area contributed by atoms with Gasteiger partial charge in [0.1, 0.15) is 11.5 Å². The van der Waals surface area contributed by atoms with Gasteiger partial charge in [-0.1, -0.05) is 0 Å². The van der Waals surface area contributed by atoms with Gasteiger partial charge in [-0.25, -0.2) is 8.42 Å². The predicted octanol–water partition coefficient (Wildman–Crippen LogP) is 0.868. The van der Waals surface area contributed by atoms with Crippen LogP contribution in [0.4, 0.5) is 0 Å². The summed E-state index contributed by atoms with van der Waals surface area (Å²) in [7, 11) is 0.107. The molecule has 0 spiro atoms. The van der Waals surface area contributed by atoms with Gasteiger partial charge in [-0.15, -0.1) is 0 Å². The summed E-state index contributed by atoms with van der Waals surface area (Å²) in [5.74, 6) is 1.14. The largest absolute Gasteiger partial charge is 0.497 e. The van der Waals surface area contributed by atoms with Crippen molar-refractivity contribution in [1.29, 1.82) is 0 Å². The SMILES string of the molecule is COc1cc(OC)cc(C(=O)NCC2CCS(=O)(=O)C2)c1. The molecule has 0 radical (unpaired) electrons. The van der Waals surface area contributed by atoms with Crippen LogP contribution < -0.4 is 14.8 Å². The van der Waals surface area contributed by atoms with E-state index >= 15 is 0 Å². The predicted molar refractivity (Wildman–Crippen MR) is 78.6 cm³/mol. The third-order valence-corrected chi connectivity index (χ3v) is 5.33. The van der Waals surface area contributed by atoms with Crippen molar-refractivity contribution in [2.45, 2.75) is 6.42 Å². The van der Waals surface area contributed by atoms with E-state index in [9.17, 15) is 13.2 Å². The maximum atomic E-state index is 12.1. The van der Waals surface area contributed by atoms with Crippen LogP contribution in [0.3, 0.4) is 0 Å². The van der Waals surface area contributed by atoms with Gasteiger partial charge in [0.15, 0.2) is 9.84 Å². The third-order valence-electron chi connectivity index (χ3n) is 3.49. The minimum absolute atomic E-state index is 0.00791. The number of methoxy groups -OCH3 is 2. The molecule has 0 aromatic heterocycles. The summed E-state index contributed by atoms with van der Waals surface area (Å²) < 4.78 is 33.0. The fourth-order valence-corrected chi connectivity index (χ4v) is 4.17. The standard InChI is InChI=1S/C14H19NO5S/c1-19-12-5-11(6-13(7-12)20-2)14(16)15-8-10-3-4-21(17,18)9-10/h5-7,10H,3-4,8-9H2,1-2H3,(H,15,16). The molecule has 1 saturated heterocycles. The van der Waals surface area contributed by atoms with E-state index in [0.717, 1.165) is 0 Å². The highest BCUT2D eigenvalue weighted by molar-refractivity contribution is 7.91. The topological polar surface area (TPSA) is 81.7 Å². The lowest BCUT2D eigenvalue weighted by molar-refractivity contribution is 0.0947. The number of carbonyl (C=O) groups excluding carboxylic acids is 1. The maximum absolute atomic E-state index is 12.1. The highest BCUT2D eigenvalue weighted by atomic mass is 32.2. The molecule has 1 atom stereocenters. The maximum Gasteiger partial charge on any atom is 0.251 e. The van der Waals surface area contributed by atoms with Gasteiger partial charge in [0.05, 0.1) is 25.7 Å². The van der Waals surface area contributed by atoms with E-state index in [1.54, 1.807) is 18.2 Å². The summed E-state index contributed by atoms with van der Waals surface area (Å²) in [5, 5.41) is 2.77. The summed E-state index contributed by atoms with van der Waals surface area (Å²) in [6, 6.07) is 4.91. The van der Waals surface area contributed by atoms with Crippen molar-refractivity contribution >= 4 is 15.7 Å². The van der Waals surface area contributed by atoms with Gasteiger partial charge in [-0.3, -0.25) is 4.79 Å². The zero-order valence-electron chi connectivity index (χ0n) is 12.1. The van der Waals surface area contributed by atoms with Crippen LogP contribution in [0.25, 0.3) is 0 Å². The van der Waals surface area contributed by atoms with Gasteiger partial charge in [-0.05, 0) is 24.5 Å². The lowest BCUT2D eigenvalue weighted by Gasteiger charge is -2.11. The van der Waals surface area contributed by atoms with E-state index in [1.807, 2.05) is 0 Å². The molecule has 1 unspecified atom stereocenters. The second-order valence-electron chi connectivity index (χ2n) is 5.08. The molecule has 1 aromatic carbocycles. The summed E-state index contributed by atoms with van der Waals surface area (Å²) in [6.45, 7) is 0.359. The number of carbonyl (C=O) groups is 1. The molecule has 1 heterocycles. The van der Waals surface area contributed by atoms with E-state index in [-0.39, 0.29) is 23.3 Å². The number of ether oxygens (including phenoxy) is 2. The molecule has 1 aliphatic heterocycles. The van der Waals surface area contributed by atoms with Crippen LogP contribution in [0.5, 0.6) is 11.5 Å². The Bertz CT molecular complexity index is 604. The Kier molecular flexibility index (Phi) is 4.72. The van der Waals surface area contributed by atoms with E-state index in [0.29, 0.717) is 30.0 Å². The normalized spacial score (nSPS) is 20.0. The number of nitrogens with one attached hydrogen (secondary N) is 1. The van der Waals surface area contributed by atoms with Gasteiger partial charge in [0, 0.05) is 18.2 Å². The molecule has 21 heavy (non-hydrogen) atoms. The Labute approximate surface area is 124 Å². The number of rotatable bonds is 5. The van der Waals surface area contributed by atoms with Crippen LogP contribution in [-0.2, 0) is 9.84 Å². The smallest absolute Gasteiger partial charge is 0.251 e. The van der Waals surface area contributed by atoms with E-state index in [2.05, 4.69) is 5.32 Å². The van der Waals surface area contributed by atoms with Gasteiger partial charge in [0.2, 0.25) is 0 Å². The number of amides is 1. The van der Waals surface area contributed by atoms with Crippen LogP contribution in [0, 0.1) is 5.92 Å². The first kappa shape index (κ1) is 15.6. The Hall–Kier alpha value is -1.76. The van der Waals surface area contributed by atoms with Crippen molar-refractivity contribution in [2.75, 3.05) is 32.3 Å². The van der Waals surface area contributed by atoms with E-state index in [4.69, 9.17) is 9.47 Å². The quantitative estimate of drug-likeness (QED) is 0.872. The molecule has 116 valence electrons. The van der Waals surface area contributed by atoms with Crippen molar-refractivity contribution in [1.82, 2.24) is 5.32 Å². The van der Waals surface area contributed by atoms with Crippen LogP contribution in [0.2, 0.25) is 0 Å². The molecule has 1 aromatic rings. The molecule has 7 heteroatoms. The Morgan fingerprint density at radius 2 is 1.86 bits per heavy atom. The number of hydrogen-bond donors (Lipinski definition) is 1. The van der Waals surface area contributed by atoms with E-state index < -0.39 is 9.84 Å². The summed E-state index contributed by atoms with van der Waals surface area (Å²) in [6.07, 6.45) is 0.601. The van der Waals surface area contributed by atoms with Gasteiger partial charge < -0.3 is 14.8 Å². The molecule has 1 amide bonds. The minimum atomic E-state index is -2.92. The Morgan fingerprint density at radius 3 is 2.33 bits per heavy atom. The lowest BCUT2D eigenvalue weighted by Crippen LogP contribution is -2.29. The molecular formula is C14H19NO5S. The van der Waals surface area contributed by atoms with Crippen molar-refractivity contribution in [3.63, 3.8) is 0 Å². The Balaban J connectivity index is 2.00. The summed E-state index contributed by atoms with van der Waals surface area (Å²) >= 11 is 0. The Morgan fingerprint density at radius 1 is 1.24 bits per heavy atom. The average Bonchev–Trinajstić information content (AvgIpc) is 2.83. The molecule has 0 aliphatic carbocycles. The molecule has 0 saturated carbocycles. The van der Waals surface area contributed by atoms with Crippen molar-refractivity contribution in [3.8, 4) is 11.5 Å². The lowest BCUT2D eigenvalue weighted by atomic mass is 10.1. The zero-order valence-corrected chi connectivity index (χ0v) is 12.9. The van der Waals surface area contributed by atoms with Gasteiger partial charge >= 0.3 is 0 Å². The highest BCUT2D eigenvalue weighted by Gasteiger charge is 2.28. The molecule has 0 bridgehead atoms. The first-order chi connectivity index (χ1) is 9.93. The van der Waals surface area contributed by atoms with Crippen molar-refractivity contribution in [2.24, 2.45) is 5.92 Å². The first-order valence-electron chi connectivity index (χ1n) is 6.65. The highest BCUT2D eigenvalue weighted by Crippen LogP contribution is 2.23. The fourth-order valence-electron chi connectivity index (χ4n) is 2.31. The molecule has 1 N–H and O–H groups in total. The van der Waals surface area contributed by atoms with Crippen molar-refractivity contribution < 1.29 is 22.7 Å². The van der Waals surface area contributed by atoms with Crippen LogP contribution in [0.1, 0.15) is 16.8 Å². The van der Waals surface area contributed by atoms with Crippen LogP contribution in [0.15, 0.2) is 18.2 Å². The summed E-state index contributed by atoms with van der Waals surface area (Å²) in [5.41, 5.74) is 0.423.